The largest absolute Gasteiger partial charge is 0.497 e. The van der Waals surface area contributed by atoms with Gasteiger partial charge in [-0.3, -0.25) is 13.9 Å². The molecule has 0 saturated carbocycles. The molecule has 0 aliphatic heterocycles. The molecule has 9 nitrogen and oxygen atoms in total. The van der Waals surface area contributed by atoms with E-state index >= 15 is 0 Å². The van der Waals surface area contributed by atoms with Crippen LogP contribution >= 0.6 is 0 Å². The van der Waals surface area contributed by atoms with Crippen molar-refractivity contribution in [2.45, 2.75) is 58.1 Å². The maximum atomic E-state index is 14.1. The first-order valence-electron chi connectivity index (χ1n) is 13.3. The topological polar surface area (TPSA) is 105 Å². The lowest BCUT2D eigenvalue weighted by atomic mass is 10.1. The van der Waals surface area contributed by atoms with E-state index in [1.165, 1.54) is 24.1 Å². The molecule has 41 heavy (non-hydrogen) atoms. The number of carbonyl (C=O) groups is 2. The second-order valence-electron chi connectivity index (χ2n) is 10.2. The standard InChI is InChI=1S/C31H39N3O6S/c1-21(2)32-31(36)24(5)33(19-25-9-8-10-26(18-25)39-6)30(35)20-34(28-17-23(4)13-16-29(28)40-7)41(37,38)27-14-11-22(3)12-15-27/h8-18,21,24H,19-20H2,1-7H3,(H,32,36)/t24-/m0/s1. The van der Waals surface area contributed by atoms with Gasteiger partial charge in [0.1, 0.15) is 24.1 Å². The number of amides is 2. The summed E-state index contributed by atoms with van der Waals surface area (Å²) in [6, 6.07) is 17.7. The van der Waals surface area contributed by atoms with Gasteiger partial charge in [-0.15, -0.1) is 0 Å². The Kier molecular flexibility index (Phi) is 10.4. The summed E-state index contributed by atoms with van der Waals surface area (Å²) in [5.41, 5.74) is 2.63. The Bertz CT molecular complexity index is 1470. The number of aryl methyl sites for hydroxylation is 2. The first-order valence-corrected chi connectivity index (χ1v) is 14.8. The smallest absolute Gasteiger partial charge is 0.264 e. The molecule has 0 aliphatic carbocycles. The highest BCUT2D eigenvalue weighted by molar-refractivity contribution is 7.92. The van der Waals surface area contributed by atoms with Crippen LogP contribution in [-0.2, 0) is 26.2 Å². The first kappa shape index (κ1) is 31.5. The molecule has 3 aromatic rings. The van der Waals surface area contributed by atoms with Crippen molar-refractivity contribution in [1.82, 2.24) is 10.2 Å². The minimum atomic E-state index is -4.21. The Labute approximate surface area is 243 Å². The molecule has 0 spiro atoms. The average Bonchev–Trinajstić information content (AvgIpc) is 2.94. The number of hydrogen-bond acceptors (Lipinski definition) is 6. The lowest BCUT2D eigenvalue weighted by Crippen LogP contribution is -2.52. The second-order valence-corrected chi connectivity index (χ2v) is 12.1. The molecule has 0 aliphatic rings. The summed E-state index contributed by atoms with van der Waals surface area (Å²) in [4.78, 5) is 28.6. The first-order chi connectivity index (χ1) is 19.4. The van der Waals surface area contributed by atoms with Crippen LogP contribution in [0.15, 0.2) is 71.6 Å². The summed E-state index contributed by atoms with van der Waals surface area (Å²) >= 11 is 0. The van der Waals surface area contributed by atoms with Crippen LogP contribution in [0.1, 0.15) is 37.5 Å². The maximum absolute atomic E-state index is 14.1. The summed E-state index contributed by atoms with van der Waals surface area (Å²) in [6.07, 6.45) is 0. The number of benzene rings is 3. The summed E-state index contributed by atoms with van der Waals surface area (Å²) in [7, 11) is -1.22. The van der Waals surface area contributed by atoms with Crippen LogP contribution in [-0.4, -0.2) is 58.0 Å². The molecule has 0 heterocycles. The Balaban J connectivity index is 2.11. The van der Waals surface area contributed by atoms with E-state index in [-0.39, 0.29) is 29.1 Å². The zero-order valence-corrected chi connectivity index (χ0v) is 25.5. The van der Waals surface area contributed by atoms with E-state index < -0.39 is 28.5 Å². The number of hydrogen-bond donors (Lipinski definition) is 1. The fourth-order valence-electron chi connectivity index (χ4n) is 4.30. The van der Waals surface area contributed by atoms with Gasteiger partial charge < -0.3 is 19.7 Å². The molecule has 1 atom stereocenters. The number of nitrogens with one attached hydrogen (secondary N) is 1. The Morgan fingerprint density at radius 1 is 0.878 bits per heavy atom. The molecular formula is C31H39N3O6S. The fraction of sp³-hybridized carbons (Fsp3) is 0.355. The molecule has 10 heteroatoms. The van der Waals surface area contributed by atoms with Crippen molar-refractivity contribution in [1.29, 1.82) is 0 Å². The van der Waals surface area contributed by atoms with E-state index in [0.717, 1.165) is 21.0 Å². The molecule has 0 saturated heterocycles. The molecule has 0 fully saturated rings. The molecule has 2 amide bonds. The van der Waals surface area contributed by atoms with Gasteiger partial charge in [0.05, 0.1) is 24.8 Å². The normalized spacial score (nSPS) is 12.0. The van der Waals surface area contributed by atoms with Gasteiger partial charge in [-0.1, -0.05) is 35.9 Å². The van der Waals surface area contributed by atoms with Crippen molar-refractivity contribution in [3.63, 3.8) is 0 Å². The number of carbonyl (C=O) groups excluding carboxylic acids is 2. The average molecular weight is 582 g/mol. The minimum Gasteiger partial charge on any atom is -0.497 e. The molecule has 0 aromatic heterocycles. The van der Waals surface area contributed by atoms with Gasteiger partial charge >= 0.3 is 0 Å². The summed E-state index contributed by atoms with van der Waals surface area (Å²) < 4.78 is 40.1. The van der Waals surface area contributed by atoms with Gasteiger partial charge in [0.25, 0.3) is 10.0 Å². The van der Waals surface area contributed by atoms with E-state index in [0.29, 0.717) is 11.5 Å². The Hall–Kier alpha value is -4.05. The van der Waals surface area contributed by atoms with E-state index in [9.17, 15) is 18.0 Å². The third kappa shape index (κ3) is 7.79. The third-order valence-corrected chi connectivity index (χ3v) is 8.35. The van der Waals surface area contributed by atoms with Crippen molar-refractivity contribution in [2.24, 2.45) is 0 Å². The van der Waals surface area contributed by atoms with Gasteiger partial charge in [-0.2, -0.15) is 0 Å². The van der Waals surface area contributed by atoms with Crippen LogP contribution < -0.4 is 19.1 Å². The van der Waals surface area contributed by atoms with Crippen molar-refractivity contribution in [2.75, 3.05) is 25.1 Å². The fourth-order valence-corrected chi connectivity index (χ4v) is 5.72. The monoisotopic (exact) mass is 581 g/mol. The summed E-state index contributed by atoms with van der Waals surface area (Å²) in [6.45, 7) is 8.49. The lowest BCUT2D eigenvalue weighted by molar-refractivity contribution is -0.139. The molecule has 1 N–H and O–H groups in total. The summed E-state index contributed by atoms with van der Waals surface area (Å²) in [5.74, 6) is -0.0120. The van der Waals surface area contributed by atoms with Gasteiger partial charge in [0.15, 0.2) is 0 Å². The number of rotatable bonds is 12. The molecule has 0 unspecified atom stereocenters. The van der Waals surface area contributed by atoms with Gasteiger partial charge in [-0.05, 0) is 82.1 Å². The number of nitrogens with zero attached hydrogens (tertiary/aromatic N) is 2. The van der Waals surface area contributed by atoms with Crippen molar-refractivity contribution >= 4 is 27.5 Å². The van der Waals surface area contributed by atoms with Crippen LogP contribution in [0.5, 0.6) is 11.5 Å². The van der Waals surface area contributed by atoms with Gasteiger partial charge in [-0.25, -0.2) is 8.42 Å². The highest BCUT2D eigenvalue weighted by atomic mass is 32.2. The number of sulfonamides is 1. The van der Waals surface area contributed by atoms with E-state index in [2.05, 4.69) is 5.32 Å². The van der Waals surface area contributed by atoms with Crippen LogP contribution in [0.3, 0.4) is 0 Å². The van der Waals surface area contributed by atoms with Crippen LogP contribution in [0, 0.1) is 13.8 Å². The third-order valence-electron chi connectivity index (χ3n) is 6.58. The van der Waals surface area contributed by atoms with E-state index in [1.807, 2.05) is 33.8 Å². The summed E-state index contributed by atoms with van der Waals surface area (Å²) in [5, 5.41) is 2.85. The minimum absolute atomic E-state index is 0.0319. The van der Waals surface area contributed by atoms with Crippen LogP contribution in [0.2, 0.25) is 0 Å². The maximum Gasteiger partial charge on any atom is 0.264 e. The van der Waals surface area contributed by atoms with Gasteiger partial charge in [0, 0.05) is 12.6 Å². The molecular weight excluding hydrogens is 542 g/mol. The molecule has 3 aromatic carbocycles. The van der Waals surface area contributed by atoms with Gasteiger partial charge in [0.2, 0.25) is 11.8 Å². The molecule has 220 valence electrons. The number of anilines is 1. The predicted octanol–water partition coefficient (Wildman–Crippen LogP) is 4.46. The second kappa shape index (κ2) is 13.5. The zero-order valence-electron chi connectivity index (χ0n) is 24.7. The van der Waals surface area contributed by atoms with Crippen molar-refractivity contribution < 1.29 is 27.5 Å². The number of methoxy groups -OCH3 is 2. The zero-order chi connectivity index (χ0) is 30.3. The molecule has 0 bridgehead atoms. The molecule has 3 rings (SSSR count). The van der Waals surface area contributed by atoms with Crippen LogP contribution in [0.4, 0.5) is 5.69 Å². The quantitative estimate of drug-likeness (QED) is 0.339. The Morgan fingerprint density at radius 2 is 1.54 bits per heavy atom. The van der Waals surface area contributed by atoms with Crippen molar-refractivity contribution in [3.8, 4) is 11.5 Å². The van der Waals surface area contributed by atoms with Crippen LogP contribution in [0.25, 0.3) is 0 Å². The Morgan fingerprint density at radius 3 is 2.15 bits per heavy atom. The van der Waals surface area contributed by atoms with Crippen molar-refractivity contribution in [3.05, 3.63) is 83.4 Å². The van der Waals surface area contributed by atoms with E-state index in [4.69, 9.17) is 9.47 Å². The lowest BCUT2D eigenvalue weighted by Gasteiger charge is -2.32. The highest BCUT2D eigenvalue weighted by Gasteiger charge is 2.34. The molecule has 0 radical (unpaired) electrons. The van der Waals surface area contributed by atoms with E-state index in [1.54, 1.807) is 62.6 Å². The SMILES string of the molecule is COc1cccc(CN(C(=O)CN(c2cc(C)ccc2OC)S(=O)(=O)c2ccc(C)cc2)[C@@H](C)C(=O)NC(C)C)c1. The highest BCUT2D eigenvalue weighted by Crippen LogP contribution is 2.34. The number of ether oxygens (including phenoxy) is 2. The predicted molar refractivity (Wildman–Crippen MR) is 160 cm³/mol.